The van der Waals surface area contributed by atoms with E-state index in [0.717, 1.165) is 25.9 Å². The lowest BCUT2D eigenvalue weighted by Crippen LogP contribution is -2.45. The van der Waals surface area contributed by atoms with E-state index in [9.17, 15) is 4.79 Å². The highest BCUT2D eigenvalue weighted by Crippen LogP contribution is 2.23. The zero-order valence-corrected chi connectivity index (χ0v) is 12.8. The van der Waals surface area contributed by atoms with Crippen molar-refractivity contribution < 1.29 is 4.79 Å². The van der Waals surface area contributed by atoms with E-state index >= 15 is 0 Å². The fourth-order valence-corrected chi connectivity index (χ4v) is 3.39. The first-order valence-electron chi connectivity index (χ1n) is 7.31. The van der Waals surface area contributed by atoms with Gasteiger partial charge in [-0.1, -0.05) is 26.2 Å². The van der Waals surface area contributed by atoms with Crippen LogP contribution in [0, 0.1) is 0 Å². The minimum absolute atomic E-state index is 0.0980. The Labute approximate surface area is 120 Å². The molecule has 0 radical (unpaired) electrons. The van der Waals surface area contributed by atoms with Crippen molar-refractivity contribution in [2.75, 3.05) is 6.54 Å². The summed E-state index contributed by atoms with van der Waals surface area (Å²) in [6, 6.07) is 2.52. The van der Waals surface area contributed by atoms with E-state index in [2.05, 4.69) is 30.6 Å². The smallest absolute Gasteiger partial charge is 0.317 e. The van der Waals surface area contributed by atoms with Crippen molar-refractivity contribution in [3.8, 4) is 0 Å². The fraction of sp³-hybridized carbons (Fsp3) is 0.667. The molecule has 0 fully saturated rings. The number of nitrogens with one attached hydrogen (secondary N) is 1. The molecule has 1 aliphatic rings. The molecule has 2 amide bonds. The normalized spacial score (nSPS) is 16.0. The summed E-state index contributed by atoms with van der Waals surface area (Å²) in [7, 11) is 0. The van der Waals surface area contributed by atoms with Crippen molar-refractivity contribution in [1.82, 2.24) is 10.2 Å². The van der Waals surface area contributed by atoms with Crippen LogP contribution in [0.1, 0.15) is 50.0 Å². The Kier molecular flexibility index (Phi) is 5.25. The summed E-state index contributed by atoms with van der Waals surface area (Å²) < 4.78 is 0. The zero-order valence-electron chi connectivity index (χ0n) is 11.9. The van der Waals surface area contributed by atoms with Crippen LogP contribution in [0.2, 0.25) is 0 Å². The molecule has 3 nitrogen and oxygen atoms in total. The van der Waals surface area contributed by atoms with Gasteiger partial charge in [0, 0.05) is 24.0 Å². The van der Waals surface area contributed by atoms with Gasteiger partial charge in [0.15, 0.2) is 0 Å². The fourth-order valence-electron chi connectivity index (χ4n) is 2.50. The Balaban J connectivity index is 1.78. The predicted molar refractivity (Wildman–Crippen MR) is 80.6 cm³/mol. The molecule has 0 saturated carbocycles. The van der Waals surface area contributed by atoms with Gasteiger partial charge >= 0.3 is 6.03 Å². The Morgan fingerprint density at radius 2 is 2.37 bits per heavy atom. The maximum atomic E-state index is 12.2. The van der Waals surface area contributed by atoms with E-state index in [1.165, 1.54) is 29.7 Å². The quantitative estimate of drug-likeness (QED) is 0.818. The maximum absolute atomic E-state index is 12.2. The van der Waals surface area contributed by atoms with Gasteiger partial charge in [-0.25, -0.2) is 4.79 Å². The van der Waals surface area contributed by atoms with Crippen molar-refractivity contribution in [2.45, 2.75) is 58.5 Å². The van der Waals surface area contributed by atoms with Crippen LogP contribution in [0.4, 0.5) is 4.79 Å². The van der Waals surface area contributed by atoms with Crippen LogP contribution in [0.3, 0.4) is 0 Å². The van der Waals surface area contributed by atoms with Crippen molar-refractivity contribution in [3.05, 3.63) is 21.9 Å². The zero-order chi connectivity index (χ0) is 13.7. The monoisotopic (exact) mass is 280 g/mol. The summed E-state index contributed by atoms with van der Waals surface area (Å²) in [5.74, 6) is 0. The van der Waals surface area contributed by atoms with E-state index in [4.69, 9.17) is 0 Å². The van der Waals surface area contributed by atoms with Crippen LogP contribution in [-0.2, 0) is 13.0 Å². The number of rotatable bonds is 5. The number of unbranched alkanes of at least 4 members (excludes halogenated alkanes) is 2. The van der Waals surface area contributed by atoms with Crippen LogP contribution in [0.25, 0.3) is 0 Å². The van der Waals surface area contributed by atoms with Gasteiger partial charge in [-0.3, -0.25) is 0 Å². The largest absolute Gasteiger partial charge is 0.336 e. The molecule has 1 atom stereocenters. The molecule has 0 spiro atoms. The molecule has 0 bridgehead atoms. The summed E-state index contributed by atoms with van der Waals surface area (Å²) in [5, 5.41) is 5.25. The summed E-state index contributed by atoms with van der Waals surface area (Å²) in [5.41, 5.74) is 1.32. The standard InChI is InChI=1S/C15H24N2OS/c1-3-4-5-6-12(2)16-15(18)17-9-7-14-13(11-17)8-10-19-14/h8,10,12H,3-7,9,11H2,1-2H3,(H,16,18). The van der Waals surface area contributed by atoms with E-state index in [0.29, 0.717) is 0 Å². The summed E-state index contributed by atoms with van der Waals surface area (Å²) in [6.45, 7) is 5.93. The summed E-state index contributed by atoms with van der Waals surface area (Å²) >= 11 is 1.81. The van der Waals surface area contributed by atoms with Crippen LogP contribution >= 0.6 is 11.3 Å². The average molecular weight is 280 g/mol. The third-order valence-corrected chi connectivity index (χ3v) is 4.73. The van der Waals surface area contributed by atoms with E-state index in [-0.39, 0.29) is 12.1 Å². The van der Waals surface area contributed by atoms with Gasteiger partial charge < -0.3 is 10.2 Å². The minimum Gasteiger partial charge on any atom is -0.336 e. The van der Waals surface area contributed by atoms with Crippen molar-refractivity contribution >= 4 is 17.4 Å². The lowest BCUT2D eigenvalue weighted by atomic mass is 10.1. The van der Waals surface area contributed by atoms with Crippen LogP contribution in [0.15, 0.2) is 11.4 Å². The highest BCUT2D eigenvalue weighted by molar-refractivity contribution is 7.10. The molecule has 1 aromatic heterocycles. The van der Waals surface area contributed by atoms with Crippen LogP contribution < -0.4 is 5.32 Å². The topological polar surface area (TPSA) is 32.3 Å². The average Bonchev–Trinajstić information content (AvgIpc) is 2.86. The third kappa shape index (κ3) is 3.96. The highest BCUT2D eigenvalue weighted by atomic mass is 32.1. The molecule has 1 unspecified atom stereocenters. The van der Waals surface area contributed by atoms with Gasteiger partial charge in [0.05, 0.1) is 0 Å². The Morgan fingerprint density at radius 3 is 3.16 bits per heavy atom. The first-order valence-corrected chi connectivity index (χ1v) is 8.19. The molecule has 19 heavy (non-hydrogen) atoms. The predicted octanol–water partition coefficient (Wildman–Crippen LogP) is 3.78. The van der Waals surface area contributed by atoms with Gasteiger partial charge in [-0.2, -0.15) is 0 Å². The van der Waals surface area contributed by atoms with Gasteiger partial charge in [0.2, 0.25) is 0 Å². The number of carbonyl (C=O) groups is 1. The summed E-state index contributed by atoms with van der Waals surface area (Å²) in [6.07, 6.45) is 5.77. The molecule has 0 aliphatic carbocycles. The molecular formula is C15H24N2OS. The minimum atomic E-state index is 0.0980. The Bertz CT molecular complexity index is 416. The maximum Gasteiger partial charge on any atom is 0.317 e. The molecular weight excluding hydrogens is 256 g/mol. The second-order valence-electron chi connectivity index (χ2n) is 5.39. The summed E-state index contributed by atoms with van der Waals surface area (Å²) in [4.78, 5) is 15.6. The number of urea groups is 1. The molecule has 0 aromatic carbocycles. The molecule has 1 N–H and O–H groups in total. The van der Waals surface area contributed by atoms with Crippen molar-refractivity contribution in [3.63, 3.8) is 0 Å². The molecule has 0 saturated heterocycles. The second-order valence-corrected chi connectivity index (χ2v) is 6.39. The lowest BCUT2D eigenvalue weighted by Gasteiger charge is -2.28. The SMILES string of the molecule is CCCCCC(C)NC(=O)N1CCc2sccc2C1. The third-order valence-electron chi connectivity index (χ3n) is 3.71. The van der Waals surface area contributed by atoms with Gasteiger partial charge in [0.1, 0.15) is 0 Å². The number of nitrogens with zero attached hydrogens (tertiary/aromatic N) is 1. The first-order chi connectivity index (χ1) is 9.20. The van der Waals surface area contributed by atoms with Crippen molar-refractivity contribution in [2.24, 2.45) is 0 Å². The molecule has 1 aliphatic heterocycles. The highest BCUT2D eigenvalue weighted by Gasteiger charge is 2.22. The molecule has 1 aromatic rings. The van der Waals surface area contributed by atoms with Crippen LogP contribution in [0.5, 0.6) is 0 Å². The first kappa shape index (κ1) is 14.4. The Hall–Kier alpha value is -1.03. The van der Waals surface area contributed by atoms with Crippen molar-refractivity contribution in [1.29, 1.82) is 0 Å². The second kappa shape index (κ2) is 6.94. The number of amides is 2. The number of fused-ring (bicyclic) bond motifs is 1. The molecule has 2 rings (SSSR count). The molecule has 2 heterocycles. The molecule has 4 heteroatoms. The van der Waals surface area contributed by atoms with Gasteiger partial charge in [-0.05, 0) is 36.8 Å². The number of hydrogen-bond acceptors (Lipinski definition) is 2. The molecule has 106 valence electrons. The Morgan fingerprint density at radius 1 is 1.53 bits per heavy atom. The number of hydrogen-bond donors (Lipinski definition) is 1. The van der Waals surface area contributed by atoms with E-state index in [1.807, 2.05) is 16.2 Å². The van der Waals surface area contributed by atoms with Gasteiger partial charge in [-0.15, -0.1) is 11.3 Å². The van der Waals surface area contributed by atoms with E-state index < -0.39 is 0 Å². The number of thiophene rings is 1. The van der Waals surface area contributed by atoms with Gasteiger partial charge in [0.25, 0.3) is 0 Å². The van der Waals surface area contributed by atoms with Crippen LogP contribution in [-0.4, -0.2) is 23.5 Å². The lowest BCUT2D eigenvalue weighted by molar-refractivity contribution is 0.188. The number of carbonyl (C=O) groups excluding carboxylic acids is 1. The van der Waals surface area contributed by atoms with E-state index in [1.54, 1.807) is 0 Å².